The number of hydrogen-bond acceptors (Lipinski definition) is 2. The van der Waals surface area contributed by atoms with Crippen molar-refractivity contribution in [2.75, 3.05) is 13.1 Å². The largest absolute Gasteiger partial charge is 0.338 e. The highest BCUT2D eigenvalue weighted by atomic mass is 16.2. The first kappa shape index (κ1) is 22.1. The van der Waals surface area contributed by atoms with Gasteiger partial charge in [-0.2, -0.15) is 0 Å². The van der Waals surface area contributed by atoms with Gasteiger partial charge in [0.2, 0.25) is 11.8 Å². The van der Waals surface area contributed by atoms with E-state index >= 15 is 0 Å². The lowest BCUT2D eigenvalue weighted by atomic mass is 10.1. The molecular formula is C26H34N2O2. The van der Waals surface area contributed by atoms with Crippen LogP contribution in [0.1, 0.15) is 60.8 Å². The van der Waals surface area contributed by atoms with Gasteiger partial charge < -0.3 is 9.80 Å². The summed E-state index contributed by atoms with van der Waals surface area (Å²) in [4.78, 5) is 27.1. The van der Waals surface area contributed by atoms with Crippen molar-refractivity contribution < 1.29 is 9.59 Å². The van der Waals surface area contributed by atoms with Crippen LogP contribution in [0, 0.1) is 13.8 Å². The van der Waals surface area contributed by atoms with Gasteiger partial charge in [-0.3, -0.25) is 9.59 Å². The molecule has 4 rings (SSSR count). The molecule has 0 unspecified atom stereocenters. The van der Waals surface area contributed by atoms with E-state index in [4.69, 9.17) is 0 Å². The van der Waals surface area contributed by atoms with Crippen LogP contribution in [0.4, 0.5) is 0 Å². The zero-order chi connectivity index (χ0) is 21.3. The first-order valence-electron chi connectivity index (χ1n) is 11.2. The van der Waals surface area contributed by atoms with Crippen LogP contribution in [0.5, 0.6) is 0 Å². The van der Waals surface area contributed by atoms with Crippen LogP contribution in [-0.4, -0.2) is 34.7 Å². The van der Waals surface area contributed by atoms with E-state index in [1.807, 2.05) is 9.80 Å². The van der Waals surface area contributed by atoms with E-state index in [9.17, 15) is 9.59 Å². The van der Waals surface area contributed by atoms with Gasteiger partial charge in [0.25, 0.3) is 0 Å². The molecule has 2 saturated heterocycles. The first-order valence-corrected chi connectivity index (χ1v) is 11.2. The van der Waals surface area contributed by atoms with Gasteiger partial charge in [-0.05, 0) is 44.2 Å². The number of rotatable bonds is 4. The van der Waals surface area contributed by atoms with Crippen LogP contribution < -0.4 is 0 Å². The molecule has 0 aromatic heterocycles. The molecule has 0 atom stereocenters. The zero-order valence-corrected chi connectivity index (χ0v) is 18.4. The van der Waals surface area contributed by atoms with E-state index < -0.39 is 0 Å². The molecule has 160 valence electrons. The molecule has 4 nitrogen and oxygen atoms in total. The third-order valence-electron chi connectivity index (χ3n) is 5.83. The van der Waals surface area contributed by atoms with E-state index in [-0.39, 0.29) is 0 Å². The van der Waals surface area contributed by atoms with Crippen molar-refractivity contribution in [2.24, 2.45) is 0 Å². The quantitative estimate of drug-likeness (QED) is 0.716. The molecule has 2 aromatic rings. The Kier molecular flexibility index (Phi) is 8.06. The molecule has 2 aliphatic rings. The van der Waals surface area contributed by atoms with Crippen LogP contribution in [0.25, 0.3) is 0 Å². The Morgan fingerprint density at radius 3 is 1.50 bits per heavy atom. The Hall–Kier alpha value is -2.62. The van der Waals surface area contributed by atoms with Crippen LogP contribution in [0.2, 0.25) is 0 Å². The highest BCUT2D eigenvalue weighted by Gasteiger charge is 2.19. The third kappa shape index (κ3) is 6.72. The minimum absolute atomic E-state index is 0.297. The molecule has 0 aliphatic carbocycles. The van der Waals surface area contributed by atoms with E-state index in [1.54, 1.807) is 0 Å². The van der Waals surface area contributed by atoms with Gasteiger partial charge in [0.15, 0.2) is 0 Å². The Morgan fingerprint density at radius 2 is 1.03 bits per heavy atom. The predicted molar refractivity (Wildman–Crippen MR) is 121 cm³/mol. The molecule has 30 heavy (non-hydrogen) atoms. The minimum Gasteiger partial charge on any atom is -0.338 e. The molecule has 0 N–H and O–H groups in total. The van der Waals surface area contributed by atoms with E-state index in [1.165, 1.54) is 28.7 Å². The van der Waals surface area contributed by atoms with E-state index in [0.717, 1.165) is 58.3 Å². The van der Waals surface area contributed by atoms with Crippen LogP contribution in [0.3, 0.4) is 0 Å². The highest BCUT2D eigenvalue weighted by molar-refractivity contribution is 5.78. The molecule has 2 aliphatic heterocycles. The molecule has 2 amide bonds. The van der Waals surface area contributed by atoms with Crippen LogP contribution >= 0.6 is 0 Å². The topological polar surface area (TPSA) is 40.6 Å². The zero-order valence-electron chi connectivity index (χ0n) is 18.4. The highest BCUT2D eigenvalue weighted by Crippen LogP contribution is 2.15. The molecule has 4 heteroatoms. The van der Waals surface area contributed by atoms with Gasteiger partial charge >= 0.3 is 0 Å². The lowest BCUT2D eigenvalue weighted by Gasteiger charge is -2.20. The normalized spacial score (nSPS) is 16.9. The first-order chi connectivity index (χ1) is 14.5. The Labute approximate surface area is 180 Å². The lowest BCUT2D eigenvalue weighted by molar-refractivity contribution is -0.131. The smallest absolute Gasteiger partial charge is 0.222 e. The maximum atomic E-state index is 11.8. The summed E-state index contributed by atoms with van der Waals surface area (Å²) in [5.74, 6) is 0.614. The Bertz CT molecular complexity index is 827. The summed E-state index contributed by atoms with van der Waals surface area (Å²) in [6, 6.07) is 16.8. The maximum Gasteiger partial charge on any atom is 0.222 e. The minimum atomic E-state index is 0.297. The van der Waals surface area contributed by atoms with Crippen molar-refractivity contribution in [2.45, 2.75) is 65.5 Å². The Morgan fingerprint density at radius 1 is 0.600 bits per heavy atom. The Balaban J connectivity index is 0.000000172. The number of carbonyl (C=O) groups is 2. The average Bonchev–Trinajstić information content (AvgIpc) is 3.03. The fourth-order valence-electron chi connectivity index (χ4n) is 3.90. The maximum absolute atomic E-state index is 11.8. The molecule has 0 spiro atoms. The molecule has 0 bridgehead atoms. The van der Waals surface area contributed by atoms with Crippen LogP contribution in [0.15, 0.2) is 48.5 Å². The second-order valence-corrected chi connectivity index (χ2v) is 8.52. The van der Waals surface area contributed by atoms with Crippen molar-refractivity contribution in [3.63, 3.8) is 0 Å². The lowest BCUT2D eigenvalue weighted by Crippen LogP contribution is -2.29. The van der Waals surface area contributed by atoms with Gasteiger partial charge in [0.05, 0.1) is 0 Å². The van der Waals surface area contributed by atoms with Gasteiger partial charge in [0.1, 0.15) is 0 Å². The van der Waals surface area contributed by atoms with Crippen molar-refractivity contribution in [3.05, 3.63) is 70.8 Å². The summed E-state index contributed by atoms with van der Waals surface area (Å²) in [5, 5.41) is 0. The number of hydrogen-bond donors (Lipinski definition) is 0. The predicted octanol–water partition coefficient (Wildman–Crippen LogP) is 5.02. The standard InChI is InChI=1S/C14H19NO.C12H15NO/c1-12-6-8-13(9-7-12)11-15-10-4-2-3-5-14(15)16;1-10-4-6-11(7-5-10)9-13-8-2-3-12(13)14/h6-9H,2-5,10-11H2,1H3;4-7H,2-3,8-9H2,1H3. The fraction of sp³-hybridized carbons (Fsp3) is 0.462. The number of likely N-dealkylation sites (tertiary alicyclic amines) is 2. The fourth-order valence-corrected chi connectivity index (χ4v) is 3.90. The number of aryl methyl sites for hydroxylation is 2. The SMILES string of the molecule is Cc1ccc(CN2CCCC2=O)cc1.Cc1ccc(CN2CCCCCC2=O)cc1. The summed E-state index contributed by atoms with van der Waals surface area (Å²) in [6.45, 7) is 7.56. The summed E-state index contributed by atoms with van der Waals surface area (Å²) in [6.07, 6.45) is 5.87. The summed E-state index contributed by atoms with van der Waals surface area (Å²) < 4.78 is 0. The van der Waals surface area contributed by atoms with Gasteiger partial charge in [0, 0.05) is 39.0 Å². The van der Waals surface area contributed by atoms with Gasteiger partial charge in [-0.15, -0.1) is 0 Å². The van der Waals surface area contributed by atoms with Gasteiger partial charge in [-0.1, -0.05) is 66.1 Å². The van der Waals surface area contributed by atoms with Gasteiger partial charge in [-0.25, -0.2) is 0 Å². The second kappa shape index (κ2) is 11.0. The molecule has 2 fully saturated rings. The third-order valence-corrected chi connectivity index (χ3v) is 5.83. The number of carbonyl (C=O) groups excluding carboxylic acids is 2. The molecule has 0 saturated carbocycles. The average molecular weight is 407 g/mol. The number of benzene rings is 2. The number of amides is 2. The van der Waals surface area contributed by atoms with Crippen molar-refractivity contribution >= 4 is 11.8 Å². The second-order valence-electron chi connectivity index (χ2n) is 8.52. The number of nitrogens with zero attached hydrogens (tertiary/aromatic N) is 2. The van der Waals surface area contributed by atoms with E-state index in [2.05, 4.69) is 62.4 Å². The molecule has 2 aromatic carbocycles. The van der Waals surface area contributed by atoms with Crippen molar-refractivity contribution in [1.82, 2.24) is 9.80 Å². The monoisotopic (exact) mass is 406 g/mol. The molecule has 0 radical (unpaired) electrons. The summed E-state index contributed by atoms with van der Waals surface area (Å²) >= 11 is 0. The molecule has 2 heterocycles. The van der Waals surface area contributed by atoms with Crippen LogP contribution in [-0.2, 0) is 22.7 Å². The summed E-state index contributed by atoms with van der Waals surface area (Å²) in [7, 11) is 0. The van der Waals surface area contributed by atoms with Crippen molar-refractivity contribution in [1.29, 1.82) is 0 Å². The van der Waals surface area contributed by atoms with Crippen molar-refractivity contribution in [3.8, 4) is 0 Å². The van der Waals surface area contributed by atoms with E-state index in [0.29, 0.717) is 11.8 Å². The summed E-state index contributed by atoms with van der Waals surface area (Å²) in [5.41, 5.74) is 5.00. The molecular weight excluding hydrogens is 372 g/mol.